The van der Waals surface area contributed by atoms with Gasteiger partial charge in [0.1, 0.15) is 34.5 Å². The van der Waals surface area contributed by atoms with Crippen LogP contribution < -0.4 is 0 Å². The smallest absolute Gasteiger partial charge is 0.123 e. The van der Waals surface area contributed by atoms with Crippen LogP contribution in [0.2, 0.25) is 0 Å². The molecule has 378 valence electrons. The molecule has 0 amide bonds. The summed E-state index contributed by atoms with van der Waals surface area (Å²) < 4.78 is 0. The van der Waals surface area contributed by atoms with Crippen LogP contribution in [0.15, 0.2) is 142 Å². The Balaban J connectivity index is 1.42. The first kappa shape index (κ1) is 50.6. The average molecular weight is 971 g/mol. The second-order valence-electron chi connectivity index (χ2n) is 22.5. The van der Waals surface area contributed by atoms with Crippen LogP contribution in [0.4, 0.5) is 0 Å². The molecule has 6 unspecified atom stereocenters. The molecule has 5 aliphatic rings. The summed E-state index contributed by atoms with van der Waals surface area (Å²) >= 11 is 0. The first-order chi connectivity index (χ1) is 34.3. The Hall–Kier alpha value is -6.38. The predicted molar refractivity (Wildman–Crippen MR) is 287 cm³/mol. The molecule has 0 aliphatic heterocycles. The summed E-state index contributed by atoms with van der Waals surface area (Å²) in [6.45, 7) is 17.3. The van der Waals surface area contributed by atoms with Gasteiger partial charge in [0.25, 0.3) is 0 Å². The zero-order valence-corrected chi connectivity index (χ0v) is 43.2. The maximum atomic E-state index is 12.4. The van der Waals surface area contributed by atoms with Gasteiger partial charge in [-0.1, -0.05) is 144 Å². The molecule has 0 saturated carbocycles. The summed E-state index contributed by atoms with van der Waals surface area (Å²) in [6, 6.07) is 17.7. The molecule has 0 spiro atoms. The van der Waals surface area contributed by atoms with Crippen molar-refractivity contribution in [2.45, 2.75) is 142 Å². The Kier molecular flexibility index (Phi) is 14.2. The number of aliphatic hydroxyl groups excluding tert-OH is 2. The number of rotatable bonds is 8. The number of allylic oxidation sites excluding steroid dienone is 12. The summed E-state index contributed by atoms with van der Waals surface area (Å²) in [5, 5.41) is 98.4. The minimum absolute atomic E-state index is 0.0452. The zero-order valence-electron chi connectivity index (χ0n) is 43.2. The molecule has 0 fully saturated rings. The van der Waals surface area contributed by atoms with Gasteiger partial charge in [-0.25, -0.2) is 0 Å². The third kappa shape index (κ3) is 9.55. The van der Waals surface area contributed by atoms with Crippen molar-refractivity contribution in [1.82, 2.24) is 0 Å². The van der Waals surface area contributed by atoms with Crippen LogP contribution in [0.1, 0.15) is 181 Å². The lowest BCUT2D eigenvalue weighted by Gasteiger charge is -2.38. The number of fused-ring (bicyclic) bond motifs is 7. The van der Waals surface area contributed by atoms with Crippen molar-refractivity contribution < 1.29 is 40.9 Å². The first-order valence-electron chi connectivity index (χ1n) is 26.4. The highest BCUT2D eigenvalue weighted by Gasteiger charge is 2.41. The standard InChI is InChI=1S/C64H74O8/c1-33(2)37-9-17-41(18-10-37)61-45-25-47(55(67)29-53(45)65)62(42-19-11-38(12-20-42)34(3)4)49-27-51(59(71)31-57(49)69)64(44-23-15-40(16-24-44)36(7)8)52-28-50(58(70)32-60(52)72)63(43-21-13-39(14-22-43)35(5)6)48-26-46(61)54(66)30-56(48)68/h9-11,13,15,17-19,23,25-29,31-36,43,56,61-72H,12,14,16,20-22,24,30H2,1-8H3. The number of phenols is 6. The van der Waals surface area contributed by atoms with Crippen molar-refractivity contribution >= 4 is 0 Å². The van der Waals surface area contributed by atoms with Crippen molar-refractivity contribution in [3.05, 3.63) is 186 Å². The lowest BCUT2D eigenvalue weighted by Crippen LogP contribution is -2.28. The van der Waals surface area contributed by atoms with Crippen molar-refractivity contribution in [3.8, 4) is 34.5 Å². The van der Waals surface area contributed by atoms with Crippen molar-refractivity contribution in [3.63, 3.8) is 0 Å². The zero-order chi connectivity index (χ0) is 51.4. The van der Waals surface area contributed by atoms with Gasteiger partial charge in [0.2, 0.25) is 0 Å². The Morgan fingerprint density at radius 1 is 0.458 bits per heavy atom. The van der Waals surface area contributed by atoms with E-state index in [1.807, 2.05) is 30.3 Å². The van der Waals surface area contributed by atoms with E-state index >= 15 is 0 Å². The van der Waals surface area contributed by atoms with Crippen molar-refractivity contribution in [2.24, 2.45) is 23.7 Å². The van der Waals surface area contributed by atoms with Crippen LogP contribution in [0.3, 0.4) is 0 Å². The minimum Gasteiger partial charge on any atom is -0.512 e. The Bertz CT molecular complexity index is 2990. The van der Waals surface area contributed by atoms with E-state index in [0.29, 0.717) is 81.5 Å². The largest absolute Gasteiger partial charge is 0.512 e. The van der Waals surface area contributed by atoms with Gasteiger partial charge in [0, 0.05) is 87.2 Å². The molecule has 4 aromatic carbocycles. The lowest BCUT2D eigenvalue weighted by atomic mass is 9.67. The quantitative estimate of drug-likeness (QED) is 0.0810. The van der Waals surface area contributed by atoms with Gasteiger partial charge in [-0.2, -0.15) is 0 Å². The van der Waals surface area contributed by atoms with Crippen molar-refractivity contribution in [1.29, 1.82) is 0 Å². The molecule has 4 aromatic rings. The van der Waals surface area contributed by atoms with Crippen LogP contribution >= 0.6 is 0 Å². The van der Waals surface area contributed by atoms with Gasteiger partial charge in [0.05, 0.1) is 11.9 Å². The minimum atomic E-state index is -1.15. The molecule has 9 rings (SSSR count). The number of hydrogen-bond acceptors (Lipinski definition) is 8. The van der Waals surface area contributed by atoms with E-state index in [2.05, 4.69) is 97.9 Å². The second kappa shape index (κ2) is 20.3. The molecule has 0 heterocycles. The summed E-state index contributed by atoms with van der Waals surface area (Å²) in [4.78, 5) is 0. The molecule has 72 heavy (non-hydrogen) atoms. The fourth-order valence-electron chi connectivity index (χ4n) is 12.5. The summed E-state index contributed by atoms with van der Waals surface area (Å²) in [7, 11) is 0. The van der Waals surface area contributed by atoms with Crippen LogP contribution in [0, 0.1) is 23.7 Å². The van der Waals surface area contributed by atoms with Crippen LogP contribution in [0.25, 0.3) is 0 Å². The topological polar surface area (TPSA) is 162 Å². The van der Waals surface area contributed by atoms with E-state index in [1.54, 1.807) is 6.07 Å². The molecule has 8 N–H and O–H groups in total. The van der Waals surface area contributed by atoms with Crippen molar-refractivity contribution in [2.75, 3.05) is 0 Å². The van der Waals surface area contributed by atoms with E-state index in [9.17, 15) is 40.9 Å². The number of hydrogen-bond donors (Lipinski definition) is 8. The highest BCUT2D eigenvalue weighted by Crippen LogP contribution is 2.56. The molecular formula is C64H74O8. The van der Waals surface area contributed by atoms with Crippen LogP contribution in [-0.4, -0.2) is 47.0 Å². The van der Waals surface area contributed by atoms with Gasteiger partial charge in [-0.15, -0.1) is 0 Å². The Labute approximate surface area is 426 Å². The molecule has 0 saturated heterocycles. The van der Waals surface area contributed by atoms with Gasteiger partial charge in [-0.05, 0) is 109 Å². The Morgan fingerprint density at radius 3 is 1.31 bits per heavy atom. The van der Waals surface area contributed by atoms with E-state index < -0.39 is 29.8 Å². The van der Waals surface area contributed by atoms with E-state index in [4.69, 9.17) is 0 Å². The maximum absolute atomic E-state index is 12.4. The van der Waals surface area contributed by atoms with E-state index in [-0.39, 0.29) is 58.5 Å². The average Bonchev–Trinajstić information content (AvgIpc) is 3.34. The normalized spacial score (nSPS) is 23.7. The molecule has 0 aromatic heterocycles. The maximum Gasteiger partial charge on any atom is 0.123 e. The summed E-state index contributed by atoms with van der Waals surface area (Å²) in [5.74, 6) is -2.96. The SMILES string of the molecule is CC(C)C1=CC=C(C2c3cc(c(O)cc3O)C(c3ccc(C(C)C)cc3)C3=C(O)CC(O)C(=C3)C(C3CC=C(C(C)C)CC3)c3cc(c(O)cc3O)C(C3=CC=C(C(C)C)CC3)c3cc2c(O)cc3O)CC1. The fourth-order valence-corrected chi connectivity index (χ4v) is 12.5. The predicted octanol–water partition coefficient (Wildman–Crippen LogP) is 15.0. The van der Waals surface area contributed by atoms with E-state index in [0.717, 1.165) is 48.0 Å². The highest BCUT2D eigenvalue weighted by molar-refractivity contribution is 5.65. The molecule has 0 radical (unpaired) electrons. The van der Waals surface area contributed by atoms with Crippen LogP contribution in [0.5, 0.6) is 34.5 Å². The number of aliphatic hydroxyl groups is 2. The molecule has 8 nitrogen and oxygen atoms in total. The fraction of sp³-hybridized carbons (Fsp3) is 0.406. The Morgan fingerprint density at radius 2 is 0.903 bits per heavy atom. The third-order valence-electron chi connectivity index (χ3n) is 16.8. The van der Waals surface area contributed by atoms with Gasteiger partial charge in [-0.3, -0.25) is 0 Å². The summed E-state index contributed by atoms with van der Waals surface area (Å²) in [5.41, 5.74) is 11.3. The summed E-state index contributed by atoms with van der Waals surface area (Å²) in [6.07, 6.45) is 16.3. The molecule has 8 heteroatoms. The van der Waals surface area contributed by atoms with Gasteiger partial charge >= 0.3 is 0 Å². The number of benzene rings is 4. The highest BCUT2D eigenvalue weighted by atomic mass is 16.3. The van der Waals surface area contributed by atoms with Gasteiger partial charge < -0.3 is 40.9 Å². The molecule has 8 bridgehead atoms. The first-order valence-corrected chi connectivity index (χ1v) is 26.4. The molecular weight excluding hydrogens is 897 g/mol. The number of aromatic hydroxyl groups is 6. The molecule has 5 aliphatic carbocycles. The van der Waals surface area contributed by atoms with Crippen LogP contribution in [-0.2, 0) is 0 Å². The lowest BCUT2D eigenvalue weighted by molar-refractivity contribution is 0.171. The second-order valence-corrected chi connectivity index (χ2v) is 22.5. The monoisotopic (exact) mass is 971 g/mol. The third-order valence-corrected chi connectivity index (χ3v) is 16.8. The molecule has 6 atom stereocenters. The van der Waals surface area contributed by atoms with E-state index in [1.165, 1.54) is 34.9 Å². The van der Waals surface area contributed by atoms with Gasteiger partial charge in [0.15, 0.2) is 0 Å². The number of phenolic OH excluding ortho intramolecular Hbond substituents is 6.